The summed E-state index contributed by atoms with van der Waals surface area (Å²) in [7, 11) is 5.12. The molecule has 11 heteroatoms. The summed E-state index contributed by atoms with van der Waals surface area (Å²) in [6.45, 7) is -0.683. The van der Waals surface area contributed by atoms with Crippen LogP contribution in [0.4, 0.5) is 17.6 Å². The summed E-state index contributed by atoms with van der Waals surface area (Å²) in [5.74, 6) is -1.32. The number of hydrogen-bond acceptors (Lipinski definition) is 7. The van der Waals surface area contributed by atoms with Crippen molar-refractivity contribution in [1.29, 1.82) is 0 Å². The van der Waals surface area contributed by atoms with Gasteiger partial charge in [-0.3, -0.25) is 4.79 Å². The highest BCUT2D eigenvalue weighted by Gasteiger charge is 2.38. The molecule has 0 heterocycles. The van der Waals surface area contributed by atoms with Crippen LogP contribution in [0.3, 0.4) is 0 Å². The van der Waals surface area contributed by atoms with Gasteiger partial charge < -0.3 is 28.4 Å². The molecule has 0 saturated carbocycles. The van der Waals surface area contributed by atoms with Crippen LogP contribution in [0, 0.1) is 5.82 Å². The van der Waals surface area contributed by atoms with Crippen LogP contribution >= 0.6 is 0 Å². The molecule has 0 aliphatic heterocycles. The fourth-order valence-electron chi connectivity index (χ4n) is 3.87. The topological polar surface area (TPSA) is 72.5 Å². The average molecular weight is 553 g/mol. The molecule has 3 aromatic rings. The zero-order valence-corrected chi connectivity index (χ0v) is 21.8. The number of esters is 1. The monoisotopic (exact) mass is 552 g/mol. The highest BCUT2D eigenvalue weighted by molar-refractivity contribution is 5.73. The fraction of sp³-hybridized carbons (Fsp3) is 0.321. The van der Waals surface area contributed by atoms with E-state index in [1.54, 1.807) is 24.3 Å². The summed E-state index contributed by atoms with van der Waals surface area (Å²) in [6.07, 6.45) is -5.83. The third-order valence-corrected chi connectivity index (χ3v) is 5.75. The van der Waals surface area contributed by atoms with E-state index < -0.39 is 36.4 Å². The quantitative estimate of drug-likeness (QED) is 0.153. The standard InChI is InChI=1S/C28H28F4O7/c1-34-16-39-26-22(28(30,31)32)12-9-19(25(26)27(36-3)37-4)15-38-20-10-11-21(23(29)14-20)18-7-5-17(6-8-18)13-24(33)35-2/h5-12,14,27H,13,15-16H2,1-4H3. The minimum Gasteiger partial charge on any atom is -0.489 e. The van der Waals surface area contributed by atoms with Gasteiger partial charge in [0.05, 0.1) is 24.7 Å². The summed E-state index contributed by atoms with van der Waals surface area (Å²) in [5, 5.41) is 0. The van der Waals surface area contributed by atoms with E-state index in [1.807, 2.05) is 0 Å². The van der Waals surface area contributed by atoms with Gasteiger partial charge in [0.1, 0.15) is 23.9 Å². The molecule has 0 aromatic heterocycles. The van der Waals surface area contributed by atoms with E-state index in [0.29, 0.717) is 11.1 Å². The minimum atomic E-state index is -4.72. The molecule has 210 valence electrons. The number of methoxy groups -OCH3 is 4. The van der Waals surface area contributed by atoms with Crippen molar-refractivity contribution in [3.8, 4) is 22.6 Å². The van der Waals surface area contributed by atoms with Crippen LogP contribution in [0.15, 0.2) is 54.6 Å². The number of alkyl halides is 3. The summed E-state index contributed by atoms with van der Waals surface area (Å²) in [6, 6.07) is 13.1. The molecular weight excluding hydrogens is 524 g/mol. The van der Waals surface area contributed by atoms with Crippen LogP contribution in [0.25, 0.3) is 11.1 Å². The largest absolute Gasteiger partial charge is 0.489 e. The van der Waals surface area contributed by atoms with Gasteiger partial charge in [0, 0.05) is 38.5 Å². The summed E-state index contributed by atoms with van der Waals surface area (Å²) >= 11 is 0. The van der Waals surface area contributed by atoms with Gasteiger partial charge in [0.25, 0.3) is 0 Å². The Kier molecular flexibility index (Phi) is 10.3. The van der Waals surface area contributed by atoms with E-state index in [-0.39, 0.29) is 35.9 Å². The van der Waals surface area contributed by atoms with Crippen molar-refractivity contribution in [2.75, 3.05) is 35.2 Å². The molecule has 7 nitrogen and oxygen atoms in total. The van der Waals surface area contributed by atoms with E-state index in [0.717, 1.165) is 11.6 Å². The van der Waals surface area contributed by atoms with Crippen molar-refractivity contribution in [2.45, 2.75) is 25.5 Å². The normalized spacial score (nSPS) is 11.5. The van der Waals surface area contributed by atoms with Gasteiger partial charge in [-0.1, -0.05) is 30.3 Å². The van der Waals surface area contributed by atoms with Crippen LogP contribution in [-0.2, 0) is 42.9 Å². The molecule has 0 saturated heterocycles. The van der Waals surface area contributed by atoms with Gasteiger partial charge in [-0.05, 0) is 29.3 Å². The maximum absolute atomic E-state index is 15.0. The van der Waals surface area contributed by atoms with Crippen LogP contribution < -0.4 is 9.47 Å². The van der Waals surface area contributed by atoms with Gasteiger partial charge >= 0.3 is 12.1 Å². The molecule has 0 spiro atoms. The van der Waals surface area contributed by atoms with Gasteiger partial charge in [0.2, 0.25) is 0 Å². The number of carbonyl (C=O) groups excluding carboxylic acids is 1. The van der Waals surface area contributed by atoms with E-state index in [4.69, 9.17) is 23.7 Å². The first kappa shape index (κ1) is 29.9. The Morgan fingerprint density at radius 2 is 1.59 bits per heavy atom. The first-order valence-corrected chi connectivity index (χ1v) is 11.6. The van der Waals surface area contributed by atoms with E-state index in [2.05, 4.69) is 4.74 Å². The lowest BCUT2D eigenvalue weighted by molar-refractivity contribution is -0.141. The first-order valence-electron chi connectivity index (χ1n) is 11.6. The molecule has 0 atom stereocenters. The Balaban J connectivity index is 1.88. The summed E-state index contributed by atoms with van der Waals surface area (Å²) < 4.78 is 87.1. The van der Waals surface area contributed by atoms with E-state index in [9.17, 15) is 22.4 Å². The maximum atomic E-state index is 15.0. The van der Waals surface area contributed by atoms with Crippen LogP contribution in [0.5, 0.6) is 11.5 Å². The molecule has 0 amide bonds. The lowest BCUT2D eigenvalue weighted by Crippen LogP contribution is -2.17. The molecule has 3 rings (SSSR count). The molecule has 0 aliphatic carbocycles. The number of carbonyl (C=O) groups is 1. The molecule has 0 radical (unpaired) electrons. The number of hydrogen-bond donors (Lipinski definition) is 0. The molecule has 0 bridgehead atoms. The van der Waals surface area contributed by atoms with Crippen molar-refractivity contribution < 1.29 is 50.8 Å². The lowest BCUT2D eigenvalue weighted by atomic mass is 10.0. The second kappa shape index (κ2) is 13.4. The third kappa shape index (κ3) is 7.47. The smallest absolute Gasteiger partial charge is 0.419 e. The second-order valence-corrected chi connectivity index (χ2v) is 8.25. The number of benzene rings is 3. The Hall–Kier alpha value is -3.67. The number of rotatable bonds is 12. The average Bonchev–Trinajstić information content (AvgIpc) is 2.91. The Morgan fingerprint density at radius 1 is 0.897 bits per heavy atom. The number of halogens is 4. The van der Waals surface area contributed by atoms with Crippen molar-refractivity contribution in [3.05, 3.63) is 82.7 Å². The first-order chi connectivity index (χ1) is 18.6. The Bertz CT molecular complexity index is 1260. The highest BCUT2D eigenvalue weighted by atomic mass is 19.4. The lowest BCUT2D eigenvalue weighted by Gasteiger charge is -2.24. The van der Waals surface area contributed by atoms with Crippen LogP contribution in [0.1, 0.15) is 28.5 Å². The van der Waals surface area contributed by atoms with Crippen LogP contribution in [-0.4, -0.2) is 41.2 Å². The molecule has 0 aliphatic rings. The third-order valence-electron chi connectivity index (χ3n) is 5.75. The van der Waals surface area contributed by atoms with Crippen molar-refractivity contribution in [1.82, 2.24) is 0 Å². The predicted octanol–water partition coefficient (Wildman–Crippen LogP) is 6.08. The molecule has 39 heavy (non-hydrogen) atoms. The summed E-state index contributed by atoms with van der Waals surface area (Å²) in [5.41, 5.74) is 0.810. The molecule has 0 N–H and O–H groups in total. The Labute approximate surface area is 223 Å². The Morgan fingerprint density at radius 3 is 2.15 bits per heavy atom. The van der Waals surface area contributed by atoms with E-state index >= 15 is 0 Å². The minimum absolute atomic E-state index is 0.0315. The molecule has 0 unspecified atom stereocenters. The van der Waals surface area contributed by atoms with Gasteiger partial charge in [-0.15, -0.1) is 0 Å². The van der Waals surface area contributed by atoms with Gasteiger partial charge in [-0.25, -0.2) is 4.39 Å². The van der Waals surface area contributed by atoms with Crippen LogP contribution in [0.2, 0.25) is 0 Å². The highest BCUT2D eigenvalue weighted by Crippen LogP contribution is 2.43. The second-order valence-electron chi connectivity index (χ2n) is 8.25. The van der Waals surface area contributed by atoms with E-state index in [1.165, 1.54) is 52.7 Å². The maximum Gasteiger partial charge on any atom is 0.419 e. The predicted molar refractivity (Wildman–Crippen MR) is 133 cm³/mol. The molecular formula is C28H28F4O7. The zero-order valence-electron chi connectivity index (χ0n) is 21.8. The molecule has 3 aromatic carbocycles. The van der Waals surface area contributed by atoms with Crippen molar-refractivity contribution in [3.63, 3.8) is 0 Å². The van der Waals surface area contributed by atoms with Crippen molar-refractivity contribution in [2.24, 2.45) is 0 Å². The SMILES string of the molecule is COCOc1c(C(F)(F)F)ccc(COc2ccc(-c3ccc(CC(=O)OC)cc3)c(F)c2)c1C(OC)OC. The van der Waals surface area contributed by atoms with Crippen molar-refractivity contribution >= 4 is 5.97 Å². The number of ether oxygens (including phenoxy) is 6. The summed E-state index contributed by atoms with van der Waals surface area (Å²) in [4.78, 5) is 11.4. The van der Waals surface area contributed by atoms with Gasteiger partial charge in [0.15, 0.2) is 13.1 Å². The zero-order chi connectivity index (χ0) is 28.6. The fourth-order valence-corrected chi connectivity index (χ4v) is 3.87. The van der Waals surface area contributed by atoms with Gasteiger partial charge in [-0.2, -0.15) is 13.2 Å². The molecule has 0 fully saturated rings.